The number of aromatic nitrogens is 1. The van der Waals surface area contributed by atoms with E-state index >= 15 is 0 Å². The van der Waals surface area contributed by atoms with E-state index in [2.05, 4.69) is 22.0 Å². The van der Waals surface area contributed by atoms with E-state index in [1.54, 1.807) is 4.90 Å². The third-order valence-electron chi connectivity index (χ3n) is 6.36. The number of ether oxygens (including phenoxy) is 1. The highest BCUT2D eigenvalue weighted by Gasteiger charge is 2.33. The second-order valence-electron chi connectivity index (χ2n) is 8.68. The van der Waals surface area contributed by atoms with Gasteiger partial charge in [0.2, 0.25) is 0 Å². The molecule has 1 N–H and O–H groups in total. The van der Waals surface area contributed by atoms with E-state index < -0.39 is 0 Å². The van der Waals surface area contributed by atoms with Crippen LogP contribution < -0.4 is 4.90 Å². The minimum atomic E-state index is -0.0566. The van der Waals surface area contributed by atoms with Gasteiger partial charge in [-0.15, -0.1) is 0 Å². The Hall–Kier alpha value is -3.75. The maximum absolute atomic E-state index is 13.5. The van der Waals surface area contributed by atoms with Crippen LogP contribution in [0.25, 0.3) is 17.0 Å². The zero-order chi connectivity index (χ0) is 24.3. The van der Waals surface area contributed by atoms with Crippen molar-refractivity contribution in [2.45, 2.75) is 6.42 Å². The first kappa shape index (κ1) is 22.7. The number of aliphatic imine (C=N–C) groups is 1. The third-order valence-corrected chi connectivity index (χ3v) is 7.36. The van der Waals surface area contributed by atoms with Crippen molar-refractivity contribution in [1.29, 1.82) is 0 Å². The largest absolute Gasteiger partial charge is 0.441 e. The van der Waals surface area contributed by atoms with Gasteiger partial charge in [-0.2, -0.15) is 0 Å². The van der Waals surface area contributed by atoms with Gasteiger partial charge in [0.15, 0.2) is 11.1 Å². The summed E-state index contributed by atoms with van der Waals surface area (Å²) in [6.45, 7) is 3.51. The minimum absolute atomic E-state index is 0.0566. The number of nitrogens with one attached hydrogen (secondary N) is 1. The van der Waals surface area contributed by atoms with Crippen LogP contribution in [0, 0.1) is 0 Å². The molecule has 0 atom stereocenters. The lowest BCUT2D eigenvalue weighted by Crippen LogP contribution is -2.35. The van der Waals surface area contributed by atoms with Crippen molar-refractivity contribution in [3.05, 3.63) is 89.2 Å². The van der Waals surface area contributed by atoms with Crippen molar-refractivity contribution in [3.8, 4) is 0 Å². The Bertz CT molecular complexity index is 1430. The van der Waals surface area contributed by atoms with Crippen LogP contribution in [-0.2, 0) is 16.0 Å². The molecule has 182 valence electrons. The van der Waals surface area contributed by atoms with Crippen molar-refractivity contribution in [1.82, 2.24) is 9.88 Å². The van der Waals surface area contributed by atoms with Gasteiger partial charge in [0.05, 0.1) is 23.8 Å². The molecule has 2 fully saturated rings. The van der Waals surface area contributed by atoms with Crippen LogP contribution in [0.5, 0.6) is 0 Å². The van der Waals surface area contributed by atoms with Crippen molar-refractivity contribution < 1.29 is 13.9 Å². The lowest BCUT2D eigenvalue weighted by Gasteiger charge is -2.26. The number of furan rings is 1. The van der Waals surface area contributed by atoms with Crippen LogP contribution in [0.2, 0.25) is 0 Å². The molecule has 0 spiro atoms. The predicted octanol–water partition coefficient (Wildman–Crippen LogP) is 5.44. The second-order valence-corrected chi connectivity index (χ2v) is 9.69. The number of amides is 1. The first-order valence-electron chi connectivity index (χ1n) is 12.1. The molecule has 4 aromatic rings. The van der Waals surface area contributed by atoms with E-state index in [0.29, 0.717) is 35.6 Å². The van der Waals surface area contributed by atoms with Crippen molar-refractivity contribution in [2.75, 3.05) is 37.7 Å². The standard InChI is InChI=1S/C28H26N4O3S/c33-27-25(18-22-10-11-26(35-22)31-14-16-34-17-15-31)36-28(30-21-6-2-1-3-7-21)32(27)13-12-20-19-29-24-9-5-4-8-23(20)24/h1-11,18-19,29H,12-17H2/b25-18-,30-28?. The van der Waals surface area contributed by atoms with E-state index in [1.165, 1.54) is 22.7 Å². The number of benzene rings is 2. The SMILES string of the molecule is O=C1/C(=C/c2ccc(N3CCOCC3)o2)SC(=Nc2ccccc2)N1CCc1c[nH]c2ccccc12. The molecule has 0 saturated carbocycles. The van der Waals surface area contributed by atoms with Gasteiger partial charge >= 0.3 is 0 Å². The van der Waals surface area contributed by atoms with Crippen LogP contribution >= 0.6 is 11.8 Å². The third kappa shape index (κ3) is 4.69. The molecule has 8 heteroatoms. The molecule has 36 heavy (non-hydrogen) atoms. The first-order chi connectivity index (χ1) is 17.7. The Balaban J connectivity index is 1.26. The number of hydrogen-bond donors (Lipinski definition) is 1. The summed E-state index contributed by atoms with van der Waals surface area (Å²) in [5.74, 6) is 1.40. The number of fused-ring (bicyclic) bond motifs is 1. The number of nitrogens with zero attached hydrogens (tertiary/aromatic N) is 3. The summed E-state index contributed by atoms with van der Waals surface area (Å²) in [4.78, 5) is 26.2. The fourth-order valence-electron chi connectivity index (χ4n) is 4.47. The Kier molecular flexibility index (Phi) is 6.36. The van der Waals surface area contributed by atoms with Gasteiger partial charge in [0.1, 0.15) is 5.76 Å². The molecular weight excluding hydrogens is 472 g/mol. The number of amidine groups is 1. The highest BCUT2D eigenvalue weighted by molar-refractivity contribution is 8.18. The molecule has 0 radical (unpaired) electrons. The summed E-state index contributed by atoms with van der Waals surface area (Å²) in [5, 5.41) is 1.86. The van der Waals surface area contributed by atoms with Crippen LogP contribution in [0.15, 0.2) is 87.2 Å². The molecule has 7 nitrogen and oxygen atoms in total. The molecule has 2 aliphatic rings. The van der Waals surface area contributed by atoms with Crippen LogP contribution in [-0.4, -0.2) is 53.8 Å². The van der Waals surface area contributed by atoms with Gasteiger partial charge in [-0.3, -0.25) is 9.69 Å². The molecule has 6 rings (SSSR count). The van der Waals surface area contributed by atoms with E-state index in [0.717, 1.165) is 36.6 Å². The van der Waals surface area contributed by atoms with E-state index in [-0.39, 0.29) is 5.91 Å². The normalized spacial score (nSPS) is 18.7. The van der Waals surface area contributed by atoms with Gasteiger partial charge in [-0.05, 0) is 48.0 Å². The number of morpholine rings is 1. The van der Waals surface area contributed by atoms with E-state index in [1.807, 2.05) is 66.9 Å². The summed E-state index contributed by atoms with van der Waals surface area (Å²) < 4.78 is 11.5. The number of thioether (sulfide) groups is 1. The van der Waals surface area contributed by atoms with Gasteiger partial charge in [-0.1, -0.05) is 36.4 Å². The Labute approximate surface area is 213 Å². The fourth-order valence-corrected chi connectivity index (χ4v) is 5.48. The molecule has 0 bridgehead atoms. The number of anilines is 1. The summed E-state index contributed by atoms with van der Waals surface area (Å²) in [6.07, 6.45) is 4.57. The zero-order valence-corrected chi connectivity index (χ0v) is 20.5. The van der Waals surface area contributed by atoms with Gasteiger partial charge in [0.25, 0.3) is 5.91 Å². The number of H-pyrrole nitrogens is 1. The lowest BCUT2D eigenvalue weighted by atomic mass is 10.1. The van der Waals surface area contributed by atoms with E-state index in [4.69, 9.17) is 14.1 Å². The van der Waals surface area contributed by atoms with Gasteiger partial charge in [0, 0.05) is 48.9 Å². The Morgan fingerprint density at radius 1 is 1.00 bits per heavy atom. The minimum Gasteiger partial charge on any atom is -0.441 e. The Morgan fingerprint density at radius 2 is 1.81 bits per heavy atom. The number of para-hydroxylation sites is 2. The summed E-state index contributed by atoms with van der Waals surface area (Å²) in [5.41, 5.74) is 3.10. The number of hydrogen-bond acceptors (Lipinski definition) is 6. The molecular formula is C28H26N4O3S. The second kappa shape index (κ2) is 10.1. The zero-order valence-electron chi connectivity index (χ0n) is 19.7. The summed E-state index contributed by atoms with van der Waals surface area (Å²) in [6, 6.07) is 21.8. The van der Waals surface area contributed by atoms with Crippen molar-refractivity contribution >= 4 is 51.4 Å². The molecule has 0 unspecified atom stereocenters. The number of aromatic amines is 1. The average Bonchev–Trinajstić information content (AvgIpc) is 3.63. The molecule has 1 amide bonds. The smallest absolute Gasteiger partial charge is 0.266 e. The maximum atomic E-state index is 13.5. The first-order valence-corrected chi connectivity index (χ1v) is 12.9. The van der Waals surface area contributed by atoms with Gasteiger partial charge < -0.3 is 19.0 Å². The maximum Gasteiger partial charge on any atom is 0.266 e. The summed E-state index contributed by atoms with van der Waals surface area (Å²) >= 11 is 1.39. The predicted molar refractivity (Wildman–Crippen MR) is 145 cm³/mol. The van der Waals surface area contributed by atoms with Crippen LogP contribution in [0.3, 0.4) is 0 Å². The van der Waals surface area contributed by atoms with Crippen molar-refractivity contribution in [3.63, 3.8) is 0 Å². The monoisotopic (exact) mass is 498 g/mol. The summed E-state index contributed by atoms with van der Waals surface area (Å²) in [7, 11) is 0. The van der Waals surface area contributed by atoms with Crippen LogP contribution in [0.4, 0.5) is 11.6 Å². The Morgan fingerprint density at radius 3 is 2.67 bits per heavy atom. The quantitative estimate of drug-likeness (QED) is 0.358. The number of rotatable bonds is 6. The molecule has 2 aliphatic heterocycles. The lowest BCUT2D eigenvalue weighted by molar-refractivity contribution is -0.122. The topological polar surface area (TPSA) is 74.1 Å². The van der Waals surface area contributed by atoms with Gasteiger partial charge in [-0.25, -0.2) is 4.99 Å². The fraction of sp³-hybridized carbons (Fsp3) is 0.214. The van der Waals surface area contributed by atoms with E-state index in [9.17, 15) is 4.79 Å². The molecule has 0 aliphatic carbocycles. The van der Waals surface area contributed by atoms with Crippen molar-refractivity contribution in [2.24, 2.45) is 4.99 Å². The highest BCUT2D eigenvalue weighted by Crippen LogP contribution is 2.35. The highest BCUT2D eigenvalue weighted by atomic mass is 32.2. The average molecular weight is 499 g/mol. The van der Waals surface area contributed by atoms with Crippen LogP contribution in [0.1, 0.15) is 11.3 Å². The molecule has 2 aromatic heterocycles. The number of carbonyl (C=O) groups is 1. The number of carbonyl (C=O) groups excluding carboxylic acids is 1. The molecule has 2 saturated heterocycles. The molecule has 4 heterocycles. The molecule has 2 aromatic carbocycles.